The molecule has 0 saturated carbocycles. The summed E-state index contributed by atoms with van der Waals surface area (Å²) in [7, 11) is 0. The highest BCUT2D eigenvalue weighted by Crippen LogP contribution is 2.31. The lowest BCUT2D eigenvalue weighted by Crippen LogP contribution is -2.28. The highest BCUT2D eigenvalue weighted by molar-refractivity contribution is 7.11. The van der Waals surface area contributed by atoms with Crippen LogP contribution in [0.2, 0.25) is 0 Å². The smallest absolute Gasteiger partial charge is 0.343 e. The van der Waals surface area contributed by atoms with Crippen LogP contribution in [0.15, 0.2) is 24.7 Å². The van der Waals surface area contributed by atoms with Crippen LogP contribution in [0.3, 0.4) is 0 Å². The molecule has 8 heteroatoms. The molecule has 2 aromatic heterocycles. The van der Waals surface area contributed by atoms with Gasteiger partial charge in [0.05, 0.1) is 17.2 Å². The summed E-state index contributed by atoms with van der Waals surface area (Å²) < 4.78 is 38.7. The minimum atomic E-state index is -4.62. The molecule has 0 aliphatic heterocycles. The van der Waals surface area contributed by atoms with Gasteiger partial charge in [-0.25, -0.2) is 4.98 Å². The number of nitrogens with one attached hydrogen (secondary N) is 1. The molecule has 22 heavy (non-hydrogen) atoms. The van der Waals surface area contributed by atoms with Gasteiger partial charge in [0, 0.05) is 23.5 Å². The lowest BCUT2D eigenvalue weighted by Gasteiger charge is -2.15. The van der Waals surface area contributed by atoms with Crippen molar-refractivity contribution in [2.24, 2.45) is 0 Å². The maximum absolute atomic E-state index is 12.9. The van der Waals surface area contributed by atoms with Gasteiger partial charge in [-0.2, -0.15) is 13.2 Å². The first-order valence-corrected chi connectivity index (χ1v) is 7.41. The average molecular weight is 329 g/mol. The van der Waals surface area contributed by atoms with Crippen LogP contribution in [0.5, 0.6) is 0 Å². The maximum Gasteiger partial charge on any atom is 0.418 e. The van der Waals surface area contributed by atoms with Gasteiger partial charge in [-0.15, -0.1) is 11.3 Å². The van der Waals surface area contributed by atoms with Crippen LogP contribution in [0.25, 0.3) is 0 Å². The Morgan fingerprint density at radius 3 is 2.73 bits per heavy atom. The number of alkyl halides is 3. The van der Waals surface area contributed by atoms with Crippen molar-refractivity contribution in [1.29, 1.82) is 0 Å². The second-order valence-corrected chi connectivity index (χ2v) is 5.78. The normalized spacial score (nSPS) is 13.0. The Morgan fingerprint density at radius 1 is 1.41 bits per heavy atom. The molecule has 0 bridgehead atoms. The molecule has 0 aromatic carbocycles. The molecule has 4 nitrogen and oxygen atoms in total. The lowest BCUT2D eigenvalue weighted by atomic mass is 10.1. The number of halogens is 3. The molecule has 2 aromatic rings. The third-order valence-electron chi connectivity index (χ3n) is 3.01. The van der Waals surface area contributed by atoms with E-state index in [1.807, 2.05) is 6.92 Å². The van der Waals surface area contributed by atoms with E-state index >= 15 is 0 Å². The molecule has 0 aliphatic rings. The fourth-order valence-electron chi connectivity index (χ4n) is 1.84. The van der Waals surface area contributed by atoms with Crippen molar-refractivity contribution < 1.29 is 18.0 Å². The SMILES string of the molecule is CCc1cnc([C@@H](C)NC(=O)c2ccncc2C(F)(F)F)s1. The van der Waals surface area contributed by atoms with Gasteiger partial charge in [-0.1, -0.05) is 6.92 Å². The van der Waals surface area contributed by atoms with E-state index in [4.69, 9.17) is 0 Å². The van der Waals surface area contributed by atoms with Gasteiger partial charge in [0.15, 0.2) is 0 Å². The Hall–Kier alpha value is -1.96. The van der Waals surface area contributed by atoms with Gasteiger partial charge in [0.2, 0.25) is 0 Å². The first-order valence-electron chi connectivity index (χ1n) is 6.59. The van der Waals surface area contributed by atoms with E-state index in [0.29, 0.717) is 11.2 Å². The molecule has 2 rings (SSSR count). The van der Waals surface area contributed by atoms with Crippen LogP contribution in [0.1, 0.15) is 45.7 Å². The zero-order valence-corrected chi connectivity index (χ0v) is 12.8. The van der Waals surface area contributed by atoms with Crippen LogP contribution >= 0.6 is 11.3 Å². The Bertz CT molecular complexity index is 669. The van der Waals surface area contributed by atoms with Crippen LogP contribution in [0, 0.1) is 0 Å². The quantitative estimate of drug-likeness (QED) is 0.932. The van der Waals surface area contributed by atoms with Gasteiger partial charge in [-0.3, -0.25) is 9.78 Å². The van der Waals surface area contributed by atoms with Crippen LogP contribution in [-0.4, -0.2) is 15.9 Å². The summed E-state index contributed by atoms with van der Waals surface area (Å²) in [5.41, 5.74) is -1.49. The highest BCUT2D eigenvalue weighted by Gasteiger charge is 2.35. The summed E-state index contributed by atoms with van der Waals surface area (Å²) in [6.45, 7) is 3.66. The van der Waals surface area contributed by atoms with Gasteiger partial charge in [0.25, 0.3) is 5.91 Å². The summed E-state index contributed by atoms with van der Waals surface area (Å²) in [4.78, 5) is 20.8. The second kappa shape index (κ2) is 6.43. The Kier molecular flexibility index (Phi) is 4.80. The fourth-order valence-corrected chi connectivity index (χ4v) is 2.70. The summed E-state index contributed by atoms with van der Waals surface area (Å²) in [6, 6.07) is 0.594. The molecule has 0 aliphatic carbocycles. The van der Waals surface area contributed by atoms with Gasteiger partial charge >= 0.3 is 6.18 Å². The molecule has 0 spiro atoms. The third kappa shape index (κ3) is 3.62. The van der Waals surface area contributed by atoms with Crippen molar-refractivity contribution in [3.8, 4) is 0 Å². The first kappa shape index (κ1) is 16.4. The van der Waals surface area contributed by atoms with Crippen molar-refractivity contribution in [2.45, 2.75) is 32.5 Å². The third-order valence-corrected chi connectivity index (χ3v) is 4.33. The summed E-state index contributed by atoms with van der Waals surface area (Å²) in [5, 5.41) is 3.20. The number of nitrogens with zero attached hydrogens (tertiary/aromatic N) is 2. The minimum Gasteiger partial charge on any atom is -0.343 e. The van der Waals surface area contributed by atoms with E-state index in [0.717, 1.165) is 23.6 Å². The number of rotatable bonds is 4. The van der Waals surface area contributed by atoms with E-state index in [-0.39, 0.29) is 0 Å². The molecular formula is C14H14F3N3OS. The summed E-state index contributed by atoms with van der Waals surface area (Å²) in [6.07, 6.45) is -0.288. The Morgan fingerprint density at radius 2 is 2.14 bits per heavy atom. The number of aromatic nitrogens is 2. The van der Waals surface area contributed by atoms with E-state index in [2.05, 4.69) is 15.3 Å². The average Bonchev–Trinajstić information content (AvgIpc) is 2.95. The maximum atomic E-state index is 12.9. The van der Waals surface area contributed by atoms with Gasteiger partial charge < -0.3 is 5.32 Å². The van der Waals surface area contributed by atoms with Crippen molar-refractivity contribution in [1.82, 2.24) is 15.3 Å². The summed E-state index contributed by atoms with van der Waals surface area (Å²) in [5.74, 6) is -0.796. The molecule has 0 fully saturated rings. The van der Waals surface area contributed by atoms with E-state index in [9.17, 15) is 18.0 Å². The molecular weight excluding hydrogens is 315 g/mol. The highest BCUT2D eigenvalue weighted by atomic mass is 32.1. The molecule has 0 unspecified atom stereocenters. The molecule has 1 atom stereocenters. The number of hydrogen-bond donors (Lipinski definition) is 1. The Labute approximate surface area is 129 Å². The van der Waals surface area contributed by atoms with E-state index in [1.165, 1.54) is 11.3 Å². The number of carbonyl (C=O) groups is 1. The van der Waals surface area contributed by atoms with Crippen LogP contribution < -0.4 is 5.32 Å². The molecule has 1 N–H and O–H groups in total. The zero-order chi connectivity index (χ0) is 16.3. The van der Waals surface area contributed by atoms with Crippen molar-refractivity contribution in [3.05, 3.63) is 45.7 Å². The number of aryl methyl sites for hydroxylation is 1. The molecule has 118 valence electrons. The van der Waals surface area contributed by atoms with E-state index in [1.54, 1.807) is 13.1 Å². The molecule has 0 radical (unpaired) electrons. The Balaban J connectivity index is 2.19. The number of pyridine rings is 1. The predicted molar refractivity (Wildman–Crippen MR) is 76.6 cm³/mol. The van der Waals surface area contributed by atoms with Gasteiger partial charge in [0.1, 0.15) is 5.01 Å². The number of hydrogen-bond acceptors (Lipinski definition) is 4. The number of amides is 1. The van der Waals surface area contributed by atoms with Crippen LogP contribution in [-0.2, 0) is 12.6 Å². The zero-order valence-electron chi connectivity index (χ0n) is 11.9. The molecule has 2 heterocycles. The largest absolute Gasteiger partial charge is 0.418 e. The van der Waals surface area contributed by atoms with Crippen molar-refractivity contribution in [2.75, 3.05) is 0 Å². The fraction of sp³-hybridized carbons (Fsp3) is 0.357. The minimum absolute atomic E-state index is 0.443. The molecule has 1 amide bonds. The van der Waals surface area contributed by atoms with Crippen LogP contribution in [0.4, 0.5) is 13.2 Å². The topological polar surface area (TPSA) is 54.9 Å². The number of carbonyl (C=O) groups excluding carboxylic acids is 1. The summed E-state index contributed by atoms with van der Waals surface area (Å²) >= 11 is 1.43. The second-order valence-electron chi connectivity index (χ2n) is 4.63. The predicted octanol–water partition coefficient (Wildman–Crippen LogP) is 3.61. The molecule has 0 saturated heterocycles. The monoisotopic (exact) mass is 329 g/mol. The van der Waals surface area contributed by atoms with Crippen molar-refractivity contribution in [3.63, 3.8) is 0 Å². The lowest BCUT2D eigenvalue weighted by molar-refractivity contribution is -0.138. The number of thiazole rings is 1. The van der Waals surface area contributed by atoms with E-state index < -0.39 is 29.3 Å². The standard InChI is InChI=1S/C14H14F3N3OS/c1-3-9-6-19-13(22-9)8(2)20-12(21)10-4-5-18-7-11(10)14(15,16)17/h4-8H,3H2,1-2H3,(H,20,21)/t8-/m1/s1. The van der Waals surface area contributed by atoms with Gasteiger partial charge in [-0.05, 0) is 19.4 Å². The van der Waals surface area contributed by atoms with Crippen molar-refractivity contribution >= 4 is 17.2 Å². The first-order chi connectivity index (χ1) is 10.3.